The van der Waals surface area contributed by atoms with Gasteiger partial charge in [-0.1, -0.05) is 79.1 Å². The molecule has 0 amide bonds. The van der Waals surface area contributed by atoms with Crippen LogP contribution in [0.25, 0.3) is 0 Å². The maximum Gasteiger partial charge on any atom is -0.00462 e. The van der Waals surface area contributed by atoms with Gasteiger partial charge in [-0.25, -0.2) is 0 Å². The van der Waals surface area contributed by atoms with Crippen LogP contribution in [0.3, 0.4) is 0 Å². The third-order valence-electron chi connectivity index (χ3n) is 5.85. The summed E-state index contributed by atoms with van der Waals surface area (Å²) in [7, 11) is 0. The summed E-state index contributed by atoms with van der Waals surface area (Å²) < 4.78 is 0. The van der Waals surface area contributed by atoms with Crippen LogP contribution >= 0.6 is 0 Å². The average molecular weight is 296 g/mol. The van der Waals surface area contributed by atoms with Gasteiger partial charge in [0.2, 0.25) is 0 Å². The zero-order valence-corrected chi connectivity index (χ0v) is 15.3. The molecule has 1 fully saturated rings. The quantitative estimate of drug-likeness (QED) is 0.506. The van der Waals surface area contributed by atoms with E-state index in [9.17, 15) is 0 Å². The molecule has 0 spiro atoms. The van der Waals surface area contributed by atoms with Gasteiger partial charge in [0.15, 0.2) is 0 Å². The third-order valence-corrected chi connectivity index (χ3v) is 5.85. The number of unbranched alkanes of at least 4 members (excludes halogenated alkanes) is 6. The minimum Gasteiger partial charge on any atom is -0.330 e. The Balaban J connectivity index is 2.26. The van der Waals surface area contributed by atoms with E-state index in [1.54, 1.807) is 0 Å². The lowest BCUT2D eigenvalue weighted by Gasteiger charge is -2.41. The Bertz CT molecular complexity index is 253. The molecule has 126 valence electrons. The molecule has 1 rings (SSSR count). The van der Waals surface area contributed by atoms with Crippen molar-refractivity contribution in [3.05, 3.63) is 0 Å². The molecule has 1 heteroatoms. The predicted octanol–water partition coefficient (Wildman–Crippen LogP) is 6.16. The molecule has 0 radical (unpaired) electrons. The molecular formula is C20H41N. The summed E-state index contributed by atoms with van der Waals surface area (Å²) in [6.45, 7) is 10.5. The lowest BCUT2D eigenvalue weighted by atomic mass is 9.64. The van der Waals surface area contributed by atoms with E-state index in [4.69, 9.17) is 5.73 Å². The van der Waals surface area contributed by atoms with Crippen molar-refractivity contribution < 1.29 is 0 Å². The molecule has 0 saturated heterocycles. The van der Waals surface area contributed by atoms with Crippen molar-refractivity contribution in [2.75, 3.05) is 6.54 Å². The van der Waals surface area contributed by atoms with Crippen molar-refractivity contribution >= 4 is 0 Å². The Morgan fingerprint density at radius 2 is 1.48 bits per heavy atom. The van der Waals surface area contributed by atoms with E-state index >= 15 is 0 Å². The molecule has 0 aromatic rings. The fourth-order valence-electron chi connectivity index (χ4n) is 4.14. The molecule has 2 N–H and O–H groups in total. The second kappa shape index (κ2) is 9.87. The van der Waals surface area contributed by atoms with Crippen LogP contribution < -0.4 is 5.73 Å². The highest BCUT2D eigenvalue weighted by atomic mass is 14.6. The maximum absolute atomic E-state index is 6.03. The highest BCUT2D eigenvalue weighted by Gasteiger charge is 2.34. The van der Waals surface area contributed by atoms with Crippen LogP contribution in [-0.4, -0.2) is 6.54 Å². The van der Waals surface area contributed by atoms with Crippen LogP contribution in [0.15, 0.2) is 0 Å². The van der Waals surface area contributed by atoms with Crippen LogP contribution in [0.2, 0.25) is 0 Å². The first-order valence-corrected chi connectivity index (χ1v) is 9.69. The van der Waals surface area contributed by atoms with E-state index in [2.05, 4.69) is 27.7 Å². The van der Waals surface area contributed by atoms with Crippen LogP contribution in [0, 0.1) is 23.2 Å². The molecule has 1 aliphatic rings. The molecule has 1 aliphatic carbocycles. The largest absolute Gasteiger partial charge is 0.330 e. The summed E-state index contributed by atoms with van der Waals surface area (Å²) in [6.07, 6.45) is 15.6. The molecule has 0 aliphatic heterocycles. The zero-order chi connectivity index (χ0) is 15.7. The van der Waals surface area contributed by atoms with Crippen molar-refractivity contribution in [2.45, 2.75) is 98.3 Å². The maximum atomic E-state index is 6.03. The first-order valence-electron chi connectivity index (χ1n) is 9.69. The zero-order valence-electron chi connectivity index (χ0n) is 15.3. The Morgan fingerprint density at radius 3 is 2.05 bits per heavy atom. The fraction of sp³-hybridized carbons (Fsp3) is 1.00. The van der Waals surface area contributed by atoms with E-state index in [-0.39, 0.29) is 0 Å². The minimum absolute atomic E-state index is 0.484. The monoisotopic (exact) mass is 295 g/mol. The van der Waals surface area contributed by atoms with Crippen LogP contribution in [-0.2, 0) is 0 Å². The summed E-state index contributed by atoms with van der Waals surface area (Å²) in [4.78, 5) is 0. The van der Waals surface area contributed by atoms with Gasteiger partial charge in [-0.15, -0.1) is 0 Å². The molecular weight excluding hydrogens is 254 g/mol. The van der Waals surface area contributed by atoms with Gasteiger partial charge < -0.3 is 5.73 Å². The summed E-state index contributed by atoms with van der Waals surface area (Å²) in [6, 6.07) is 0. The third kappa shape index (κ3) is 7.17. The van der Waals surface area contributed by atoms with Gasteiger partial charge in [0.1, 0.15) is 0 Å². The standard InChI is InChI=1S/C20H41N/c1-5-6-7-8-9-10-11-12-17-15-19(20(2,3)4)14-13-18(17)16-21/h17-19H,5-16,21H2,1-4H3. The Hall–Kier alpha value is -0.0400. The van der Waals surface area contributed by atoms with Crippen molar-refractivity contribution in [3.63, 3.8) is 0 Å². The average Bonchev–Trinajstić information content (AvgIpc) is 2.45. The second-order valence-electron chi connectivity index (χ2n) is 8.54. The first kappa shape index (κ1) is 19.0. The van der Waals surface area contributed by atoms with Crippen molar-refractivity contribution in [1.29, 1.82) is 0 Å². The smallest absolute Gasteiger partial charge is 0.00462 e. The van der Waals surface area contributed by atoms with Gasteiger partial charge in [-0.05, 0) is 49.0 Å². The summed E-state index contributed by atoms with van der Waals surface area (Å²) in [5.41, 5.74) is 6.52. The van der Waals surface area contributed by atoms with Gasteiger partial charge in [0, 0.05) is 0 Å². The van der Waals surface area contributed by atoms with E-state index < -0.39 is 0 Å². The normalized spacial score (nSPS) is 27.0. The molecule has 1 nitrogen and oxygen atoms in total. The summed E-state index contributed by atoms with van der Waals surface area (Å²) >= 11 is 0. The molecule has 0 aromatic carbocycles. The molecule has 3 unspecified atom stereocenters. The van der Waals surface area contributed by atoms with Gasteiger partial charge in [-0.2, -0.15) is 0 Å². The molecule has 0 heterocycles. The fourth-order valence-corrected chi connectivity index (χ4v) is 4.14. The summed E-state index contributed by atoms with van der Waals surface area (Å²) in [5, 5.41) is 0. The van der Waals surface area contributed by atoms with Crippen molar-refractivity contribution in [3.8, 4) is 0 Å². The van der Waals surface area contributed by atoms with Crippen LogP contribution in [0.4, 0.5) is 0 Å². The Morgan fingerprint density at radius 1 is 0.857 bits per heavy atom. The topological polar surface area (TPSA) is 26.0 Å². The number of hydrogen-bond donors (Lipinski definition) is 1. The SMILES string of the molecule is CCCCCCCCCC1CC(C(C)(C)C)CCC1CN. The molecule has 1 saturated carbocycles. The van der Waals surface area contributed by atoms with Gasteiger partial charge >= 0.3 is 0 Å². The number of rotatable bonds is 9. The van der Waals surface area contributed by atoms with E-state index in [1.807, 2.05) is 0 Å². The minimum atomic E-state index is 0.484. The predicted molar refractivity (Wildman–Crippen MR) is 95.4 cm³/mol. The number of hydrogen-bond acceptors (Lipinski definition) is 1. The second-order valence-corrected chi connectivity index (χ2v) is 8.54. The van der Waals surface area contributed by atoms with Gasteiger partial charge in [-0.3, -0.25) is 0 Å². The molecule has 21 heavy (non-hydrogen) atoms. The Labute approximate surface area is 134 Å². The van der Waals surface area contributed by atoms with E-state index in [0.717, 1.165) is 24.3 Å². The van der Waals surface area contributed by atoms with Crippen LogP contribution in [0.1, 0.15) is 98.3 Å². The first-order chi connectivity index (χ1) is 9.99. The lowest BCUT2D eigenvalue weighted by Crippen LogP contribution is -2.35. The van der Waals surface area contributed by atoms with E-state index in [1.165, 1.54) is 70.6 Å². The molecule has 0 aromatic heterocycles. The van der Waals surface area contributed by atoms with Crippen LogP contribution in [0.5, 0.6) is 0 Å². The Kier molecular flexibility index (Phi) is 8.94. The highest BCUT2D eigenvalue weighted by molar-refractivity contribution is 4.86. The van der Waals surface area contributed by atoms with E-state index in [0.29, 0.717) is 5.41 Å². The van der Waals surface area contributed by atoms with Gasteiger partial charge in [0.25, 0.3) is 0 Å². The van der Waals surface area contributed by atoms with Gasteiger partial charge in [0.05, 0.1) is 0 Å². The molecule has 3 atom stereocenters. The highest BCUT2D eigenvalue weighted by Crippen LogP contribution is 2.44. The molecule has 0 bridgehead atoms. The van der Waals surface area contributed by atoms with Crippen molar-refractivity contribution in [2.24, 2.45) is 28.9 Å². The number of nitrogens with two attached hydrogens (primary N) is 1. The summed E-state index contributed by atoms with van der Waals surface area (Å²) in [5.74, 6) is 2.63. The lowest BCUT2D eigenvalue weighted by molar-refractivity contribution is 0.0949. The van der Waals surface area contributed by atoms with Crippen molar-refractivity contribution in [1.82, 2.24) is 0 Å².